The summed E-state index contributed by atoms with van der Waals surface area (Å²) >= 11 is 0. The molecule has 0 fully saturated rings. The molecule has 1 aromatic carbocycles. The lowest BCUT2D eigenvalue weighted by molar-refractivity contribution is -0.142. The summed E-state index contributed by atoms with van der Waals surface area (Å²) in [5, 5.41) is 17.8. The number of rotatable bonds is 7. The van der Waals surface area contributed by atoms with Crippen LogP contribution in [-0.4, -0.2) is 26.0 Å². The average Bonchev–Trinajstić information content (AvgIpc) is 2.49. The van der Waals surface area contributed by atoms with Crippen molar-refractivity contribution in [2.45, 2.75) is 31.3 Å². The Labute approximate surface area is 143 Å². The molecule has 0 radical (unpaired) electrons. The Morgan fingerprint density at radius 1 is 1.36 bits per heavy atom. The molecule has 0 saturated carbocycles. The number of sulfonamides is 1. The fraction of sp³-hybridized carbons (Fsp3) is 0.467. The number of carboxylic acid groups (broad SMARTS) is 1. The van der Waals surface area contributed by atoms with Crippen LogP contribution < -0.4 is 4.72 Å². The Balaban J connectivity index is 3.18. The van der Waals surface area contributed by atoms with Gasteiger partial charge in [0.2, 0.25) is 10.0 Å². The van der Waals surface area contributed by atoms with E-state index in [-0.39, 0.29) is 17.9 Å². The van der Waals surface area contributed by atoms with Gasteiger partial charge in [0.25, 0.3) is 0 Å². The molecule has 0 heterocycles. The summed E-state index contributed by atoms with van der Waals surface area (Å²) in [5.74, 6) is -2.35. The predicted molar refractivity (Wildman–Crippen MR) is 81.9 cm³/mol. The lowest BCUT2D eigenvalue weighted by Crippen LogP contribution is -2.34. The number of nitriles is 1. The van der Waals surface area contributed by atoms with Crippen LogP contribution in [0, 0.1) is 23.2 Å². The molecule has 0 aliphatic rings. The van der Waals surface area contributed by atoms with Gasteiger partial charge >= 0.3 is 12.1 Å². The van der Waals surface area contributed by atoms with E-state index in [1.165, 1.54) is 6.07 Å². The van der Waals surface area contributed by atoms with Crippen LogP contribution in [0.3, 0.4) is 0 Å². The van der Waals surface area contributed by atoms with Crippen molar-refractivity contribution in [1.29, 1.82) is 5.26 Å². The average molecular weight is 378 g/mol. The second-order valence-electron chi connectivity index (χ2n) is 5.84. The number of carboxylic acids is 1. The van der Waals surface area contributed by atoms with Crippen molar-refractivity contribution >= 4 is 16.0 Å². The molecule has 138 valence electrons. The Bertz CT molecular complexity index is 783. The van der Waals surface area contributed by atoms with Crippen LogP contribution >= 0.6 is 0 Å². The molecular formula is C15H17F3N2O4S. The first-order valence-corrected chi connectivity index (χ1v) is 8.70. The molecule has 6 nitrogen and oxygen atoms in total. The van der Waals surface area contributed by atoms with Gasteiger partial charge in [-0.25, -0.2) is 13.1 Å². The van der Waals surface area contributed by atoms with E-state index < -0.39 is 45.1 Å². The number of alkyl halides is 3. The van der Waals surface area contributed by atoms with Crippen molar-refractivity contribution < 1.29 is 31.5 Å². The molecule has 1 atom stereocenters. The normalized spacial score (nSPS) is 13.5. The fourth-order valence-corrected chi connectivity index (χ4v) is 3.47. The van der Waals surface area contributed by atoms with Crippen molar-refractivity contribution in [2.24, 2.45) is 11.8 Å². The smallest absolute Gasteiger partial charge is 0.417 e. The molecule has 0 aromatic heterocycles. The zero-order chi connectivity index (χ0) is 19.4. The Morgan fingerprint density at radius 3 is 2.40 bits per heavy atom. The molecule has 0 aliphatic carbocycles. The van der Waals surface area contributed by atoms with Gasteiger partial charge in [-0.3, -0.25) is 4.79 Å². The number of hydrogen-bond donors (Lipinski definition) is 2. The summed E-state index contributed by atoms with van der Waals surface area (Å²) < 4.78 is 65.7. The van der Waals surface area contributed by atoms with Crippen LogP contribution in [0.5, 0.6) is 0 Å². The van der Waals surface area contributed by atoms with E-state index in [0.717, 1.165) is 6.07 Å². The van der Waals surface area contributed by atoms with E-state index in [1.54, 1.807) is 13.8 Å². The molecule has 1 unspecified atom stereocenters. The zero-order valence-corrected chi connectivity index (χ0v) is 14.3. The highest BCUT2D eigenvalue weighted by Crippen LogP contribution is 2.34. The van der Waals surface area contributed by atoms with Crippen LogP contribution in [0.25, 0.3) is 0 Å². The summed E-state index contributed by atoms with van der Waals surface area (Å²) in [7, 11) is -4.61. The number of nitrogens with one attached hydrogen (secondary N) is 1. The molecule has 0 spiro atoms. The van der Waals surface area contributed by atoms with Gasteiger partial charge < -0.3 is 5.11 Å². The highest BCUT2D eigenvalue weighted by atomic mass is 32.2. The van der Waals surface area contributed by atoms with Crippen molar-refractivity contribution in [3.8, 4) is 6.07 Å². The Morgan fingerprint density at radius 2 is 1.96 bits per heavy atom. The van der Waals surface area contributed by atoms with E-state index in [1.807, 2.05) is 4.72 Å². The minimum Gasteiger partial charge on any atom is -0.481 e. The van der Waals surface area contributed by atoms with Gasteiger partial charge in [-0.2, -0.15) is 18.4 Å². The molecule has 0 saturated heterocycles. The van der Waals surface area contributed by atoms with Crippen LogP contribution in [0.4, 0.5) is 13.2 Å². The van der Waals surface area contributed by atoms with E-state index in [9.17, 15) is 26.4 Å². The maximum atomic E-state index is 13.1. The highest BCUT2D eigenvalue weighted by Gasteiger charge is 2.37. The first-order chi connectivity index (χ1) is 11.4. The molecular weight excluding hydrogens is 361 g/mol. The van der Waals surface area contributed by atoms with Gasteiger partial charge in [-0.1, -0.05) is 13.8 Å². The molecule has 25 heavy (non-hydrogen) atoms. The molecule has 1 aromatic rings. The van der Waals surface area contributed by atoms with Crippen LogP contribution in [-0.2, 0) is 21.0 Å². The third-order valence-corrected chi connectivity index (χ3v) is 4.81. The second kappa shape index (κ2) is 7.84. The summed E-state index contributed by atoms with van der Waals surface area (Å²) in [6.07, 6.45) is -4.82. The number of aliphatic carboxylic acids is 1. The fourth-order valence-electron chi connectivity index (χ4n) is 2.18. The van der Waals surface area contributed by atoms with Gasteiger partial charge in [-0.05, 0) is 30.5 Å². The predicted octanol–water partition coefficient (Wildman–Crippen LogP) is 2.60. The van der Waals surface area contributed by atoms with Crippen LogP contribution in [0.1, 0.15) is 31.4 Å². The van der Waals surface area contributed by atoms with Crippen molar-refractivity contribution in [3.05, 3.63) is 29.3 Å². The number of hydrogen-bond acceptors (Lipinski definition) is 4. The first-order valence-electron chi connectivity index (χ1n) is 7.22. The van der Waals surface area contributed by atoms with E-state index >= 15 is 0 Å². The van der Waals surface area contributed by atoms with E-state index in [4.69, 9.17) is 10.4 Å². The zero-order valence-electron chi connectivity index (χ0n) is 13.5. The third-order valence-electron chi connectivity index (χ3n) is 3.33. The third kappa shape index (κ3) is 5.72. The highest BCUT2D eigenvalue weighted by molar-refractivity contribution is 7.89. The number of halogens is 3. The molecule has 0 aliphatic heterocycles. The Kier molecular flexibility index (Phi) is 6.56. The van der Waals surface area contributed by atoms with Gasteiger partial charge in [0.05, 0.1) is 28.0 Å². The SMILES string of the molecule is CC(C)CC(CNS(=O)(=O)c1ccc(C#N)cc1C(F)(F)F)C(=O)O. The van der Waals surface area contributed by atoms with E-state index in [2.05, 4.69) is 0 Å². The number of nitrogens with zero attached hydrogens (tertiary/aromatic N) is 1. The molecule has 10 heteroatoms. The minimum absolute atomic E-state index is 0.0359. The first kappa shape index (κ1) is 20.9. The summed E-state index contributed by atoms with van der Waals surface area (Å²) in [4.78, 5) is 10.1. The van der Waals surface area contributed by atoms with Gasteiger partial charge in [0, 0.05) is 6.54 Å². The van der Waals surface area contributed by atoms with Gasteiger partial charge in [0.15, 0.2) is 0 Å². The molecule has 0 bridgehead atoms. The molecule has 0 amide bonds. The second-order valence-corrected chi connectivity index (χ2v) is 7.57. The number of carbonyl (C=O) groups is 1. The number of benzene rings is 1. The monoisotopic (exact) mass is 378 g/mol. The quantitative estimate of drug-likeness (QED) is 0.758. The van der Waals surface area contributed by atoms with Crippen LogP contribution in [0.2, 0.25) is 0 Å². The largest absolute Gasteiger partial charge is 0.481 e. The minimum atomic E-state index is -4.99. The Hall–Kier alpha value is -2.12. The topological polar surface area (TPSA) is 107 Å². The summed E-state index contributed by atoms with van der Waals surface area (Å²) in [6, 6.07) is 3.59. The van der Waals surface area contributed by atoms with E-state index in [0.29, 0.717) is 12.1 Å². The molecule has 2 N–H and O–H groups in total. The molecule has 1 rings (SSSR count). The van der Waals surface area contributed by atoms with Gasteiger partial charge in [0.1, 0.15) is 0 Å². The van der Waals surface area contributed by atoms with Crippen molar-refractivity contribution in [1.82, 2.24) is 4.72 Å². The van der Waals surface area contributed by atoms with Gasteiger partial charge in [-0.15, -0.1) is 0 Å². The maximum absolute atomic E-state index is 13.1. The summed E-state index contributed by atoms with van der Waals surface area (Å²) in [6.45, 7) is 2.95. The lowest BCUT2D eigenvalue weighted by Gasteiger charge is -2.17. The summed E-state index contributed by atoms with van der Waals surface area (Å²) in [5.41, 5.74) is -1.82. The van der Waals surface area contributed by atoms with Crippen molar-refractivity contribution in [3.63, 3.8) is 0 Å². The maximum Gasteiger partial charge on any atom is 0.417 e. The van der Waals surface area contributed by atoms with Crippen LogP contribution in [0.15, 0.2) is 23.1 Å². The standard InChI is InChI=1S/C15H17F3N2O4S/c1-9(2)5-11(14(21)22)8-20-25(23,24)13-4-3-10(7-19)6-12(13)15(16,17)18/h3-4,6,9,11,20H,5,8H2,1-2H3,(H,21,22). The van der Waals surface area contributed by atoms with Crippen molar-refractivity contribution in [2.75, 3.05) is 6.54 Å². The lowest BCUT2D eigenvalue weighted by atomic mass is 9.98.